The highest BCUT2D eigenvalue weighted by atomic mass is 19.1. The number of carbonyl (C=O) groups excluding carboxylic acids is 1. The van der Waals surface area contributed by atoms with Gasteiger partial charge in [0.2, 0.25) is 0 Å². The Kier molecular flexibility index (Phi) is 5.10. The van der Waals surface area contributed by atoms with E-state index in [1.807, 2.05) is 6.92 Å². The van der Waals surface area contributed by atoms with E-state index in [-0.39, 0.29) is 24.4 Å². The summed E-state index contributed by atoms with van der Waals surface area (Å²) in [6.07, 6.45) is 1.29. The first-order chi connectivity index (χ1) is 8.08. The first kappa shape index (κ1) is 13.6. The molecule has 0 aliphatic rings. The molecule has 17 heavy (non-hydrogen) atoms. The van der Waals surface area contributed by atoms with Gasteiger partial charge in [0.05, 0.1) is 0 Å². The molecule has 0 aliphatic heterocycles. The lowest BCUT2D eigenvalue weighted by Gasteiger charge is -2.16. The first-order valence-corrected chi connectivity index (χ1v) is 5.76. The highest BCUT2D eigenvalue weighted by molar-refractivity contribution is 5.95. The van der Waals surface area contributed by atoms with Gasteiger partial charge in [0.25, 0.3) is 5.91 Å². The lowest BCUT2D eigenvalue weighted by molar-refractivity contribution is 0.0928. The standard InChI is InChI=1S/C13H18FNO2/c1-3-11(6-7-16)15-13(17)12-5-4-10(14)8-9(12)2/h4-5,8,11,16H,3,6-7H2,1-2H3,(H,15,17). The molecule has 1 aromatic rings. The normalized spacial score (nSPS) is 12.2. The molecular weight excluding hydrogens is 221 g/mol. The molecule has 0 spiro atoms. The molecule has 3 nitrogen and oxygen atoms in total. The minimum Gasteiger partial charge on any atom is -0.396 e. The van der Waals surface area contributed by atoms with E-state index in [4.69, 9.17) is 5.11 Å². The maximum absolute atomic E-state index is 12.9. The Morgan fingerprint density at radius 3 is 2.76 bits per heavy atom. The monoisotopic (exact) mass is 239 g/mol. The second-order valence-corrected chi connectivity index (χ2v) is 4.05. The number of benzene rings is 1. The van der Waals surface area contributed by atoms with Crippen molar-refractivity contribution in [1.82, 2.24) is 5.32 Å². The van der Waals surface area contributed by atoms with E-state index in [2.05, 4.69) is 5.32 Å². The van der Waals surface area contributed by atoms with Crippen LogP contribution >= 0.6 is 0 Å². The van der Waals surface area contributed by atoms with Crippen LogP contribution in [-0.2, 0) is 0 Å². The average molecular weight is 239 g/mol. The van der Waals surface area contributed by atoms with Crippen LogP contribution in [0.15, 0.2) is 18.2 Å². The SMILES string of the molecule is CCC(CCO)NC(=O)c1ccc(F)cc1C. The molecule has 0 radical (unpaired) electrons. The summed E-state index contributed by atoms with van der Waals surface area (Å²) < 4.78 is 12.9. The van der Waals surface area contributed by atoms with E-state index in [1.54, 1.807) is 6.92 Å². The molecule has 0 heterocycles. The van der Waals surface area contributed by atoms with Crippen LogP contribution in [0.25, 0.3) is 0 Å². The summed E-state index contributed by atoms with van der Waals surface area (Å²) in [5, 5.41) is 11.7. The highest BCUT2D eigenvalue weighted by Gasteiger charge is 2.13. The van der Waals surface area contributed by atoms with E-state index in [9.17, 15) is 9.18 Å². The third-order valence-corrected chi connectivity index (χ3v) is 2.74. The first-order valence-electron chi connectivity index (χ1n) is 5.76. The van der Waals surface area contributed by atoms with Crippen molar-refractivity contribution in [3.8, 4) is 0 Å². The van der Waals surface area contributed by atoms with Crippen molar-refractivity contribution >= 4 is 5.91 Å². The van der Waals surface area contributed by atoms with Crippen LogP contribution in [0.1, 0.15) is 35.7 Å². The number of aliphatic hydroxyl groups is 1. The summed E-state index contributed by atoms with van der Waals surface area (Å²) in [6.45, 7) is 3.68. The summed E-state index contributed by atoms with van der Waals surface area (Å²) in [5.41, 5.74) is 1.09. The van der Waals surface area contributed by atoms with Gasteiger partial charge >= 0.3 is 0 Å². The number of hydrogen-bond acceptors (Lipinski definition) is 2. The summed E-state index contributed by atoms with van der Waals surface area (Å²) in [6, 6.07) is 4.04. The van der Waals surface area contributed by atoms with Gasteiger partial charge in [-0.25, -0.2) is 4.39 Å². The largest absolute Gasteiger partial charge is 0.396 e. The second kappa shape index (κ2) is 6.35. The number of nitrogens with one attached hydrogen (secondary N) is 1. The van der Waals surface area contributed by atoms with Crippen LogP contribution in [0.2, 0.25) is 0 Å². The Bertz CT molecular complexity index is 393. The zero-order valence-corrected chi connectivity index (χ0v) is 10.2. The topological polar surface area (TPSA) is 49.3 Å². The number of halogens is 1. The van der Waals surface area contributed by atoms with Crippen LogP contribution in [0.4, 0.5) is 4.39 Å². The zero-order valence-electron chi connectivity index (χ0n) is 10.2. The van der Waals surface area contributed by atoms with Crippen molar-refractivity contribution in [2.45, 2.75) is 32.7 Å². The molecule has 1 atom stereocenters. The van der Waals surface area contributed by atoms with Gasteiger partial charge in [0, 0.05) is 18.2 Å². The lowest BCUT2D eigenvalue weighted by atomic mass is 10.1. The second-order valence-electron chi connectivity index (χ2n) is 4.05. The number of aliphatic hydroxyl groups excluding tert-OH is 1. The summed E-state index contributed by atoms with van der Waals surface area (Å²) in [5.74, 6) is -0.566. The molecule has 0 saturated heterocycles. The molecule has 1 unspecified atom stereocenters. The Balaban J connectivity index is 2.75. The van der Waals surface area contributed by atoms with Crippen molar-refractivity contribution in [2.24, 2.45) is 0 Å². The van der Waals surface area contributed by atoms with Gasteiger partial charge in [0.15, 0.2) is 0 Å². The molecule has 0 bridgehead atoms. The van der Waals surface area contributed by atoms with E-state index in [0.717, 1.165) is 6.42 Å². The molecule has 1 rings (SSSR count). The zero-order chi connectivity index (χ0) is 12.8. The van der Waals surface area contributed by atoms with Gasteiger partial charge in [-0.1, -0.05) is 6.92 Å². The summed E-state index contributed by atoms with van der Waals surface area (Å²) in [4.78, 5) is 11.9. The van der Waals surface area contributed by atoms with Crippen LogP contribution in [0.3, 0.4) is 0 Å². The number of aryl methyl sites for hydroxylation is 1. The number of rotatable bonds is 5. The van der Waals surface area contributed by atoms with Gasteiger partial charge < -0.3 is 10.4 Å². The fourth-order valence-electron chi connectivity index (χ4n) is 1.68. The Morgan fingerprint density at radius 2 is 2.24 bits per heavy atom. The molecule has 1 amide bonds. The van der Waals surface area contributed by atoms with E-state index in [1.165, 1.54) is 18.2 Å². The predicted molar refractivity (Wildman–Crippen MR) is 64.4 cm³/mol. The van der Waals surface area contributed by atoms with Crippen molar-refractivity contribution in [3.05, 3.63) is 35.1 Å². The number of amides is 1. The quantitative estimate of drug-likeness (QED) is 0.826. The van der Waals surface area contributed by atoms with Gasteiger partial charge in [-0.3, -0.25) is 4.79 Å². The fraction of sp³-hybridized carbons (Fsp3) is 0.462. The minimum atomic E-state index is -0.346. The van der Waals surface area contributed by atoms with E-state index >= 15 is 0 Å². The van der Waals surface area contributed by atoms with E-state index in [0.29, 0.717) is 17.5 Å². The van der Waals surface area contributed by atoms with Gasteiger partial charge in [-0.15, -0.1) is 0 Å². The molecule has 0 aromatic heterocycles. The molecule has 4 heteroatoms. The maximum atomic E-state index is 12.9. The predicted octanol–water partition coefficient (Wildman–Crippen LogP) is 2.02. The van der Waals surface area contributed by atoms with E-state index < -0.39 is 0 Å². The third-order valence-electron chi connectivity index (χ3n) is 2.74. The molecule has 0 saturated carbocycles. The van der Waals surface area contributed by atoms with Crippen LogP contribution in [0.5, 0.6) is 0 Å². The van der Waals surface area contributed by atoms with Crippen molar-refractivity contribution < 1.29 is 14.3 Å². The van der Waals surface area contributed by atoms with Crippen LogP contribution in [-0.4, -0.2) is 23.7 Å². The number of hydrogen-bond donors (Lipinski definition) is 2. The molecule has 1 aromatic carbocycles. The molecule has 2 N–H and O–H groups in total. The Hall–Kier alpha value is -1.42. The molecule has 0 aliphatic carbocycles. The van der Waals surface area contributed by atoms with Crippen molar-refractivity contribution in [1.29, 1.82) is 0 Å². The van der Waals surface area contributed by atoms with Gasteiger partial charge in [-0.2, -0.15) is 0 Å². The maximum Gasteiger partial charge on any atom is 0.251 e. The smallest absolute Gasteiger partial charge is 0.251 e. The Morgan fingerprint density at radius 1 is 1.53 bits per heavy atom. The third kappa shape index (κ3) is 3.82. The lowest BCUT2D eigenvalue weighted by Crippen LogP contribution is -2.35. The fourth-order valence-corrected chi connectivity index (χ4v) is 1.68. The van der Waals surface area contributed by atoms with Crippen LogP contribution in [0, 0.1) is 12.7 Å². The molecular formula is C13H18FNO2. The summed E-state index contributed by atoms with van der Waals surface area (Å²) in [7, 11) is 0. The van der Waals surface area contributed by atoms with Crippen molar-refractivity contribution in [2.75, 3.05) is 6.61 Å². The molecule has 0 fully saturated rings. The average Bonchev–Trinajstić information content (AvgIpc) is 2.28. The van der Waals surface area contributed by atoms with Gasteiger partial charge in [0.1, 0.15) is 5.82 Å². The minimum absolute atomic E-state index is 0.0428. The summed E-state index contributed by atoms with van der Waals surface area (Å²) >= 11 is 0. The Labute approximate surface area is 101 Å². The number of carbonyl (C=O) groups is 1. The van der Waals surface area contributed by atoms with Crippen molar-refractivity contribution in [3.63, 3.8) is 0 Å². The van der Waals surface area contributed by atoms with Crippen LogP contribution < -0.4 is 5.32 Å². The van der Waals surface area contributed by atoms with Gasteiger partial charge in [-0.05, 0) is 43.5 Å². The molecule has 94 valence electrons. The highest BCUT2D eigenvalue weighted by Crippen LogP contribution is 2.11.